The van der Waals surface area contributed by atoms with Crippen molar-refractivity contribution in [2.75, 3.05) is 13.1 Å². The number of halogens is 1. The fourth-order valence-electron chi connectivity index (χ4n) is 3.53. The van der Waals surface area contributed by atoms with Gasteiger partial charge < -0.3 is 9.52 Å². The molecular formula is C18H21FN2O5S. The molecule has 2 aliphatic carbocycles. The maximum Gasteiger partial charge on any atom is 0.317 e. The summed E-state index contributed by atoms with van der Waals surface area (Å²) in [6.45, 7) is 0.737. The lowest BCUT2D eigenvalue weighted by Crippen LogP contribution is -2.55. The van der Waals surface area contributed by atoms with Crippen molar-refractivity contribution in [1.29, 1.82) is 0 Å². The molecule has 0 atom stereocenters. The van der Waals surface area contributed by atoms with Gasteiger partial charge in [0.1, 0.15) is 11.4 Å². The number of sulfonamides is 1. The van der Waals surface area contributed by atoms with Gasteiger partial charge in [0.15, 0.2) is 0 Å². The van der Waals surface area contributed by atoms with Gasteiger partial charge in [0.2, 0.25) is 5.09 Å². The molecule has 146 valence electrons. The summed E-state index contributed by atoms with van der Waals surface area (Å²) in [7, 11) is -3.85. The molecule has 2 N–H and O–H groups in total. The highest BCUT2D eigenvalue weighted by atomic mass is 32.2. The van der Waals surface area contributed by atoms with Crippen molar-refractivity contribution < 1.29 is 27.1 Å². The molecule has 0 aliphatic heterocycles. The number of fused-ring (bicyclic) bond motifs is 1. The SMILES string of the molecule is O=C(O)CN(CC1CC1)C1CC(NS(=O)(=O)c2cc3cc(F)ccc3o2)C1. The smallest absolute Gasteiger partial charge is 0.317 e. The molecule has 0 spiro atoms. The van der Waals surface area contributed by atoms with Crippen LogP contribution in [0.3, 0.4) is 0 Å². The summed E-state index contributed by atoms with van der Waals surface area (Å²) in [5.41, 5.74) is 0.306. The molecule has 0 bridgehead atoms. The van der Waals surface area contributed by atoms with E-state index in [4.69, 9.17) is 9.52 Å². The molecule has 7 nitrogen and oxygen atoms in total. The van der Waals surface area contributed by atoms with Crippen molar-refractivity contribution in [2.24, 2.45) is 5.92 Å². The van der Waals surface area contributed by atoms with Gasteiger partial charge in [-0.1, -0.05) is 0 Å². The number of nitrogens with one attached hydrogen (secondary N) is 1. The molecule has 1 heterocycles. The Morgan fingerprint density at radius 2 is 2.04 bits per heavy atom. The van der Waals surface area contributed by atoms with Crippen LogP contribution >= 0.6 is 0 Å². The Labute approximate surface area is 156 Å². The number of carbonyl (C=O) groups is 1. The van der Waals surface area contributed by atoms with Gasteiger partial charge in [0, 0.05) is 30.1 Å². The normalized spacial score (nSPS) is 22.9. The van der Waals surface area contributed by atoms with E-state index in [-0.39, 0.29) is 23.7 Å². The minimum Gasteiger partial charge on any atom is -0.480 e. The van der Waals surface area contributed by atoms with Crippen molar-refractivity contribution in [3.05, 3.63) is 30.1 Å². The van der Waals surface area contributed by atoms with Gasteiger partial charge in [-0.05, 0) is 49.8 Å². The first-order valence-corrected chi connectivity index (χ1v) is 10.5. The number of carboxylic acid groups (broad SMARTS) is 1. The third kappa shape index (κ3) is 4.15. The summed E-state index contributed by atoms with van der Waals surface area (Å²) >= 11 is 0. The zero-order valence-electron chi connectivity index (χ0n) is 14.6. The van der Waals surface area contributed by atoms with E-state index in [0.717, 1.165) is 19.4 Å². The number of furan rings is 1. The standard InChI is InChI=1S/C18H21FN2O5S/c19-13-3-4-16-12(5-13)6-18(26-16)27(24,25)20-14-7-15(8-14)21(10-17(22)23)9-11-1-2-11/h3-6,11,14-15,20H,1-2,7-10H2,(H,22,23). The molecule has 1 aromatic heterocycles. The molecule has 9 heteroatoms. The predicted molar refractivity (Wildman–Crippen MR) is 95.2 cm³/mol. The molecule has 2 aliphatic rings. The summed E-state index contributed by atoms with van der Waals surface area (Å²) in [5, 5.41) is 9.23. The number of nitrogens with zero attached hydrogens (tertiary/aromatic N) is 1. The first kappa shape index (κ1) is 18.4. The zero-order chi connectivity index (χ0) is 19.2. The third-order valence-electron chi connectivity index (χ3n) is 5.20. The lowest BCUT2D eigenvalue weighted by molar-refractivity contribution is -0.139. The second-order valence-electron chi connectivity index (χ2n) is 7.46. The molecule has 4 rings (SSSR count). The predicted octanol–water partition coefficient (Wildman–Crippen LogP) is 2.18. The molecule has 0 saturated heterocycles. The summed E-state index contributed by atoms with van der Waals surface area (Å²) < 4.78 is 46.3. The highest BCUT2D eigenvalue weighted by Gasteiger charge is 2.39. The molecule has 1 aromatic carbocycles. The fraction of sp³-hybridized carbons (Fsp3) is 0.500. The van der Waals surface area contributed by atoms with Crippen molar-refractivity contribution >= 4 is 27.0 Å². The summed E-state index contributed by atoms with van der Waals surface area (Å²) in [5.74, 6) is -0.763. The Morgan fingerprint density at radius 1 is 1.30 bits per heavy atom. The van der Waals surface area contributed by atoms with Gasteiger partial charge in [-0.3, -0.25) is 9.69 Å². The largest absolute Gasteiger partial charge is 0.480 e. The summed E-state index contributed by atoms with van der Waals surface area (Å²) in [4.78, 5) is 13.0. The van der Waals surface area contributed by atoms with E-state index >= 15 is 0 Å². The molecular weight excluding hydrogens is 375 g/mol. The number of rotatable bonds is 8. The van der Waals surface area contributed by atoms with Crippen LogP contribution in [0.4, 0.5) is 4.39 Å². The van der Waals surface area contributed by atoms with Crippen molar-refractivity contribution in [1.82, 2.24) is 9.62 Å². The topological polar surface area (TPSA) is 99.9 Å². The van der Waals surface area contributed by atoms with Gasteiger partial charge in [0.05, 0.1) is 6.54 Å². The Bertz CT molecular complexity index is 963. The lowest BCUT2D eigenvalue weighted by atomic mass is 9.86. The molecule has 0 unspecified atom stereocenters. The van der Waals surface area contributed by atoms with Crippen LogP contribution in [0.1, 0.15) is 25.7 Å². The molecule has 2 aromatic rings. The van der Waals surface area contributed by atoms with Crippen molar-refractivity contribution in [3.63, 3.8) is 0 Å². The fourth-order valence-corrected chi connectivity index (χ4v) is 4.76. The van der Waals surface area contributed by atoms with Crippen molar-refractivity contribution in [2.45, 2.75) is 42.9 Å². The van der Waals surface area contributed by atoms with Crippen molar-refractivity contribution in [3.8, 4) is 0 Å². The number of hydrogen-bond acceptors (Lipinski definition) is 5. The van der Waals surface area contributed by atoms with E-state index in [9.17, 15) is 17.6 Å². The van der Waals surface area contributed by atoms with E-state index in [0.29, 0.717) is 29.7 Å². The summed E-state index contributed by atoms with van der Waals surface area (Å²) in [6, 6.07) is 4.94. The molecule has 2 saturated carbocycles. The van der Waals surface area contributed by atoms with E-state index in [1.54, 1.807) is 0 Å². The van der Waals surface area contributed by atoms with Crippen LogP contribution in [0.15, 0.2) is 33.8 Å². The van der Waals surface area contributed by atoms with E-state index in [2.05, 4.69) is 4.72 Å². The minimum absolute atomic E-state index is 0.0181. The highest BCUT2D eigenvalue weighted by molar-refractivity contribution is 7.89. The molecule has 27 heavy (non-hydrogen) atoms. The molecule has 0 amide bonds. The highest BCUT2D eigenvalue weighted by Crippen LogP contribution is 2.34. The first-order chi connectivity index (χ1) is 12.8. The van der Waals surface area contributed by atoms with E-state index in [1.807, 2.05) is 4.90 Å². The van der Waals surface area contributed by atoms with E-state index < -0.39 is 21.8 Å². The third-order valence-corrected chi connectivity index (χ3v) is 6.57. The van der Waals surface area contributed by atoms with Crippen LogP contribution in [0, 0.1) is 11.7 Å². The second kappa shape index (κ2) is 6.88. The Morgan fingerprint density at radius 3 is 2.70 bits per heavy atom. The van der Waals surface area contributed by atoms with Gasteiger partial charge in [-0.25, -0.2) is 17.5 Å². The number of benzene rings is 1. The molecule has 2 fully saturated rings. The average molecular weight is 396 g/mol. The van der Waals surface area contributed by atoms with Gasteiger partial charge >= 0.3 is 5.97 Å². The van der Waals surface area contributed by atoms with E-state index in [1.165, 1.54) is 24.3 Å². The van der Waals surface area contributed by atoms with Crippen LogP contribution in [0.5, 0.6) is 0 Å². The Kier molecular flexibility index (Phi) is 4.69. The van der Waals surface area contributed by atoms with Crippen LogP contribution < -0.4 is 4.72 Å². The van der Waals surface area contributed by atoms with Crippen LogP contribution in [-0.2, 0) is 14.8 Å². The Hall–Kier alpha value is -1.97. The maximum atomic E-state index is 13.3. The lowest BCUT2D eigenvalue weighted by Gasteiger charge is -2.42. The van der Waals surface area contributed by atoms with Crippen LogP contribution in [0.25, 0.3) is 11.0 Å². The maximum absolute atomic E-state index is 13.3. The monoisotopic (exact) mass is 396 g/mol. The first-order valence-electron chi connectivity index (χ1n) is 8.97. The van der Waals surface area contributed by atoms with Gasteiger partial charge in [0.25, 0.3) is 10.0 Å². The number of carboxylic acids is 1. The quantitative estimate of drug-likeness (QED) is 0.709. The summed E-state index contributed by atoms with van der Waals surface area (Å²) in [6.07, 6.45) is 3.39. The Balaban J connectivity index is 1.39. The van der Waals surface area contributed by atoms with Crippen LogP contribution in [-0.4, -0.2) is 49.6 Å². The van der Waals surface area contributed by atoms with Gasteiger partial charge in [-0.2, -0.15) is 0 Å². The van der Waals surface area contributed by atoms with Crippen LogP contribution in [0.2, 0.25) is 0 Å². The van der Waals surface area contributed by atoms with Gasteiger partial charge in [-0.15, -0.1) is 0 Å². The zero-order valence-corrected chi connectivity index (χ0v) is 15.4. The minimum atomic E-state index is -3.85. The second-order valence-corrected chi connectivity index (χ2v) is 9.10. The molecule has 0 radical (unpaired) electrons. The number of aliphatic carboxylic acids is 1. The average Bonchev–Trinajstić information content (AvgIpc) is 3.25. The number of hydrogen-bond donors (Lipinski definition) is 2.